The summed E-state index contributed by atoms with van der Waals surface area (Å²) in [7, 11) is 1.55. The Labute approximate surface area is 186 Å². The first-order valence-electron chi connectivity index (χ1n) is 10.5. The average Bonchev–Trinajstić information content (AvgIpc) is 3.09. The Morgan fingerprint density at radius 1 is 1.16 bits per heavy atom. The van der Waals surface area contributed by atoms with Crippen LogP contribution in [-0.2, 0) is 12.8 Å². The molecule has 1 atom stereocenters. The largest absolute Gasteiger partial charge is 0.496 e. The van der Waals surface area contributed by atoms with E-state index in [1.165, 1.54) is 11.3 Å². The van der Waals surface area contributed by atoms with Crippen LogP contribution in [0.3, 0.4) is 0 Å². The molecule has 1 heterocycles. The molecular weight excluding hydrogens is 408 g/mol. The zero-order valence-electron chi connectivity index (χ0n) is 18.4. The van der Waals surface area contributed by atoms with Crippen molar-refractivity contribution >= 4 is 38.9 Å². The number of rotatable bonds is 4. The average molecular weight is 437 g/mol. The van der Waals surface area contributed by atoms with E-state index in [0.29, 0.717) is 27.8 Å². The number of amides is 2. The van der Waals surface area contributed by atoms with Crippen LogP contribution in [0.2, 0.25) is 0 Å². The van der Waals surface area contributed by atoms with Gasteiger partial charge in [-0.15, -0.1) is 11.3 Å². The van der Waals surface area contributed by atoms with Gasteiger partial charge in [-0.1, -0.05) is 45.0 Å². The van der Waals surface area contributed by atoms with Crippen molar-refractivity contribution in [2.75, 3.05) is 12.4 Å². The van der Waals surface area contributed by atoms with Crippen LogP contribution in [0.15, 0.2) is 36.4 Å². The first kappa shape index (κ1) is 21.4. The molecule has 1 unspecified atom stereocenters. The number of fused-ring (bicyclic) bond motifs is 2. The summed E-state index contributed by atoms with van der Waals surface area (Å²) in [5.41, 5.74) is 7.82. The number of anilines is 1. The van der Waals surface area contributed by atoms with Gasteiger partial charge in [-0.25, -0.2) is 0 Å². The predicted octanol–water partition coefficient (Wildman–Crippen LogP) is 5.41. The van der Waals surface area contributed by atoms with E-state index >= 15 is 0 Å². The molecule has 0 radical (unpaired) electrons. The van der Waals surface area contributed by atoms with E-state index in [4.69, 9.17) is 10.5 Å². The molecule has 1 aliphatic carbocycles. The number of benzene rings is 2. The fourth-order valence-electron chi connectivity index (χ4n) is 4.41. The molecule has 0 saturated carbocycles. The van der Waals surface area contributed by atoms with Gasteiger partial charge in [-0.3, -0.25) is 9.59 Å². The van der Waals surface area contributed by atoms with E-state index in [1.54, 1.807) is 7.11 Å². The van der Waals surface area contributed by atoms with Gasteiger partial charge in [0.15, 0.2) is 0 Å². The van der Waals surface area contributed by atoms with E-state index in [1.807, 2.05) is 36.4 Å². The molecule has 4 rings (SSSR count). The van der Waals surface area contributed by atoms with E-state index in [0.717, 1.165) is 40.5 Å². The molecule has 6 heteroatoms. The highest BCUT2D eigenvalue weighted by Gasteiger charge is 2.33. The Hall–Kier alpha value is -2.86. The fourth-order valence-corrected chi connectivity index (χ4v) is 5.74. The molecule has 0 aliphatic heterocycles. The third kappa shape index (κ3) is 4.04. The summed E-state index contributed by atoms with van der Waals surface area (Å²) in [5.74, 6) is 0.220. The van der Waals surface area contributed by atoms with Crippen LogP contribution in [0.5, 0.6) is 5.75 Å². The summed E-state index contributed by atoms with van der Waals surface area (Å²) in [4.78, 5) is 26.7. The molecule has 1 aromatic heterocycles. The molecule has 1 aliphatic rings. The monoisotopic (exact) mass is 436 g/mol. The van der Waals surface area contributed by atoms with Gasteiger partial charge in [0, 0.05) is 4.88 Å². The van der Waals surface area contributed by atoms with Crippen molar-refractivity contribution in [1.29, 1.82) is 0 Å². The lowest BCUT2D eigenvalue weighted by molar-refractivity contribution is 0.1000. The van der Waals surface area contributed by atoms with Gasteiger partial charge in [-0.05, 0) is 59.1 Å². The SMILES string of the molecule is COc1cc2ccccc2cc1C(=O)Nc1sc2c(c1C(N)=O)CCC(C(C)(C)C)C2. The summed E-state index contributed by atoms with van der Waals surface area (Å²) >= 11 is 1.48. The van der Waals surface area contributed by atoms with Crippen molar-refractivity contribution in [3.05, 3.63) is 58.0 Å². The molecule has 3 N–H and O–H groups in total. The zero-order chi connectivity index (χ0) is 22.3. The number of ether oxygens (including phenoxy) is 1. The van der Waals surface area contributed by atoms with E-state index in [2.05, 4.69) is 26.1 Å². The quantitative estimate of drug-likeness (QED) is 0.574. The molecule has 5 nitrogen and oxygen atoms in total. The summed E-state index contributed by atoms with van der Waals surface area (Å²) < 4.78 is 5.47. The van der Waals surface area contributed by atoms with Gasteiger partial charge in [0.2, 0.25) is 0 Å². The predicted molar refractivity (Wildman–Crippen MR) is 126 cm³/mol. The number of hydrogen-bond donors (Lipinski definition) is 2. The molecule has 0 spiro atoms. The standard InChI is InChI=1S/C25H28N2O3S/c1-25(2,3)16-9-10-17-20(13-16)31-24(21(17)22(26)28)27-23(29)18-11-14-7-5-6-8-15(14)12-19(18)30-4/h5-8,11-12,16H,9-10,13H2,1-4H3,(H2,26,28)(H,27,29). The van der Waals surface area contributed by atoms with Crippen molar-refractivity contribution in [3.63, 3.8) is 0 Å². The lowest BCUT2D eigenvalue weighted by Crippen LogP contribution is -2.27. The Morgan fingerprint density at radius 2 is 1.84 bits per heavy atom. The summed E-state index contributed by atoms with van der Waals surface area (Å²) in [5, 5.41) is 5.43. The number of hydrogen-bond acceptors (Lipinski definition) is 4. The van der Waals surface area contributed by atoms with Crippen molar-refractivity contribution < 1.29 is 14.3 Å². The molecule has 0 bridgehead atoms. The summed E-state index contributed by atoms with van der Waals surface area (Å²) in [6.07, 6.45) is 2.72. The molecule has 3 aromatic rings. The summed E-state index contributed by atoms with van der Waals surface area (Å²) in [6, 6.07) is 11.5. The minimum absolute atomic E-state index is 0.191. The highest BCUT2D eigenvalue weighted by atomic mass is 32.1. The van der Waals surface area contributed by atoms with Crippen LogP contribution in [0.25, 0.3) is 10.8 Å². The number of nitrogens with two attached hydrogens (primary N) is 1. The number of primary amides is 1. The lowest BCUT2D eigenvalue weighted by Gasteiger charge is -2.33. The van der Waals surface area contributed by atoms with E-state index in [-0.39, 0.29) is 11.3 Å². The number of carbonyl (C=O) groups is 2. The van der Waals surface area contributed by atoms with Crippen molar-refractivity contribution in [1.82, 2.24) is 0 Å². The highest BCUT2D eigenvalue weighted by Crippen LogP contribution is 2.44. The van der Waals surface area contributed by atoms with Gasteiger partial charge in [0.05, 0.1) is 18.2 Å². The van der Waals surface area contributed by atoms with Crippen LogP contribution in [0.4, 0.5) is 5.00 Å². The third-order valence-electron chi connectivity index (χ3n) is 6.28. The van der Waals surface area contributed by atoms with Gasteiger partial charge >= 0.3 is 0 Å². The van der Waals surface area contributed by atoms with Crippen molar-refractivity contribution in [3.8, 4) is 5.75 Å². The first-order valence-corrected chi connectivity index (χ1v) is 11.3. The van der Waals surface area contributed by atoms with E-state index < -0.39 is 5.91 Å². The van der Waals surface area contributed by atoms with Crippen LogP contribution < -0.4 is 15.8 Å². The van der Waals surface area contributed by atoms with Crippen LogP contribution >= 0.6 is 11.3 Å². The Bertz CT molecular complexity index is 1170. The maximum absolute atomic E-state index is 13.2. The summed E-state index contributed by atoms with van der Waals surface area (Å²) in [6.45, 7) is 6.75. The molecule has 162 valence electrons. The maximum atomic E-state index is 13.2. The Balaban J connectivity index is 1.70. The first-order chi connectivity index (χ1) is 14.7. The number of nitrogens with one attached hydrogen (secondary N) is 1. The topological polar surface area (TPSA) is 81.4 Å². The maximum Gasteiger partial charge on any atom is 0.260 e. The Kier molecular flexibility index (Phi) is 5.52. The van der Waals surface area contributed by atoms with Gasteiger partial charge in [0.1, 0.15) is 10.8 Å². The van der Waals surface area contributed by atoms with Gasteiger partial charge < -0.3 is 15.8 Å². The molecule has 0 fully saturated rings. The van der Waals surface area contributed by atoms with Crippen LogP contribution in [0.1, 0.15) is 58.3 Å². The molecule has 0 saturated heterocycles. The smallest absolute Gasteiger partial charge is 0.260 e. The molecule has 2 amide bonds. The number of carbonyl (C=O) groups excluding carboxylic acids is 2. The number of thiophene rings is 1. The van der Waals surface area contributed by atoms with E-state index in [9.17, 15) is 9.59 Å². The van der Waals surface area contributed by atoms with Gasteiger partial charge in [0.25, 0.3) is 11.8 Å². The molecule has 2 aromatic carbocycles. The normalized spacial score (nSPS) is 16.1. The van der Waals surface area contributed by atoms with Gasteiger partial charge in [-0.2, -0.15) is 0 Å². The second-order valence-electron chi connectivity index (χ2n) is 9.23. The highest BCUT2D eigenvalue weighted by molar-refractivity contribution is 7.17. The lowest BCUT2D eigenvalue weighted by atomic mass is 9.72. The van der Waals surface area contributed by atoms with Crippen molar-refractivity contribution in [2.24, 2.45) is 17.1 Å². The minimum Gasteiger partial charge on any atom is -0.496 e. The minimum atomic E-state index is -0.493. The van der Waals surface area contributed by atoms with Crippen molar-refractivity contribution in [2.45, 2.75) is 40.0 Å². The van der Waals surface area contributed by atoms with Crippen LogP contribution in [-0.4, -0.2) is 18.9 Å². The number of methoxy groups -OCH3 is 1. The third-order valence-corrected chi connectivity index (χ3v) is 7.45. The zero-order valence-corrected chi connectivity index (χ0v) is 19.2. The Morgan fingerprint density at radius 3 is 2.45 bits per heavy atom. The molecule has 31 heavy (non-hydrogen) atoms. The second-order valence-corrected chi connectivity index (χ2v) is 10.3. The van der Waals surface area contributed by atoms with Crippen LogP contribution in [0, 0.1) is 11.3 Å². The second kappa shape index (κ2) is 8.00. The molecular formula is C25H28N2O3S. The fraction of sp³-hybridized carbons (Fsp3) is 0.360.